The Morgan fingerprint density at radius 1 is 1.08 bits per heavy atom. The standard InChI is InChI=1S/C26H25ClN4O4S/c1-3-36(33,34)26-28-15-23(24(30-26)25(32)29-21-7-4-6-20(27)14-21)31(17-22-8-5-13-35-22)16-19-11-9-18(2)10-12-19/h4-15H,3,16-17H2,1-2H3,(H,29,32). The SMILES string of the molecule is CCS(=O)(=O)c1ncc(N(Cc2ccc(C)cc2)Cc2ccco2)c(C(=O)Nc2cccc(Cl)c2)n1. The fourth-order valence-electron chi connectivity index (χ4n) is 3.52. The molecule has 2 aromatic heterocycles. The molecule has 1 N–H and O–H groups in total. The zero-order valence-electron chi connectivity index (χ0n) is 19.8. The van der Waals surface area contributed by atoms with Crippen molar-refractivity contribution < 1.29 is 17.6 Å². The van der Waals surface area contributed by atoms with Crippen LogP contribution in [0.4, 0.5) is 11.4 Å². The highest BCUT2D eigenvalue weighted by molar-refractivity contribution is 7.91. The predicted molar refractivity (Wildman–Crippen MR) is 139 cm³/mol. The molecule has 36 heavy (non-hydrogen) atoms. The van der Waals surface area contributed by atoms with Crippen molar-refractivity contribution in [2.45, 2.75) is 32.1 Å². The van der Waals surface area contributed by atoms with Crippen molar-refractivity contribution in [3.63, 3.8) is 0 Å². The van der Waals surface area contributed by atoms with Gasteiger partial charge in [-0.05, 0) is 42.8 Å². The van der Waals surface area contributed by atoms with Gasteiger partial charge in [-0.1, -0.05) is 54.4 Å². The normalized spacial score (nSPS) is 11.3. The van der Waals surface area contributed by atoms with Gasteiger partial charge >= 0.3 is 0 Å². The fraction of sp³-hybridized carbons (Fsp3) is 0.192. The molecule has 10 heteroatoms. The maximum Gasteiger partial charge on any atom is 0.276 e. The number of hydrogen-bond donors (Lipinski definition) is 1. The maximum absolute atomic E-state index is 13.4. The summed E-state index contributed by atoms with van der Waals surface area (Å²) in [6.07, 6.45) is 2.94. The first-order chi connectivity index (χ1) is 17.2. The summed E-state index contributed by atoms with van der Waals surface area (Å²) in [5.74, 6) is -0.120. The van der Waals surface area contributed by atoms with E-state index in [0.29, 0.717) is 35.2 Å². The lowest BCUT2D eigenvalue weighted by atomic mass is 10.1. The van der Waals surface area contributed by atoms with Crippen LogP contribution in [-0.2, 0) is 22.9 Å². The van der Waals surface area contributed by atoms with E-state index >= 15 is 0 Å². The second-order valence-corrected chi connectivity index (χ2v) is 10.8. The molecule has 2 aromatic carbocycles. The van der Waals surface area contributed by atoms with Gasteiger partial charge in [0, 0.05) is 17.3 Å². The largest absolute Gasteiger partial charge is 0.467 e. The number of benzene rings is 2. The van der Waals surface area contributed by atoms with Gasteiger partial charge in [0.1, 0.15) is 5.76 Å². The molecular formula is C26H25ClN4O4S. The monoisotopic (exact) mass is 524 g/mol. The molecule has 0 aliphatic rings. The van der Waals surface area contributed by atoms with Crippen molar-refractivity contribution in [2.75, 3.05) is 16.0 Å². The number of anilines is 2. The van der Waals surface area contributed by atoms with Crippen LogP contribution in [0.25, 0.3) is 0 Å². The van der Waals surface area contributed by atoms with E-state index in [1.165, 1.54) is 13.1 Å². The van der Waals surface area contributed by atoms with Crippen LogP contribution in [0.2, 0.25) is 5.02 Å². The smallest absolute Gasteiger partial charge is 0.276 e. The lowest BCUT2D eigenvalue weighted by molar-refractivity contribution is 0.102. The number of hydrogen-bond acceptors (Lipinski definition) is 7. The van der Waals surface area contributed by atoms with Crippen LogP contribution in [0.15, 0.2) is 82.7 Å². The Kier molecular flexibility index (Phi) is 7.71. The third-order valence-corrected chi connectivity index (χ3v) is 7.21. The minimum Gasteiger partial charge on any atom is -0.467 e. The molecule has 0 saturated heterocycles. The van der Waals surface area contributed by atoms with Crippen LogP contribution in [0, 0.1) is 6.92 Å². The van der Waals surface area contributed by atoms with Gasteiger partial charge in [0.05, 0.1) is 30.4 Å². The highest BCUT2D eigenvalue weighted by atomic mass is 35.5. The van der Waals surface area contributed by atoms with Gasteiger partial charge in [-0.15, -0.1) is 0 Å². The number of nitrogens with zero attached hydrogens (tertiary/aromatic N) is 3. The number of furan rings is 1. The summed E-state index contributed by atoms with van der Waals surface area (Å²) in [7, 11) is -3.75. The highest BCUT2D eigenvalue weighted by Crippen LogP contribution is 2.26. The summed E-state index contributed by atoms with van der Waals surface area (Å²) in [6.45, 7) is 4.21. The number of aromatic nitrogens is 2. The number of amides is 1. The van der Waals surface area contributed by atoms with E-state index in [4.69, 9.17) is 16.0 Å². The second-order valence-electron chi connectivity index (χ2n) is 8.18. The molecule has 0 fully saturated rings. The van der Waals surface area contributed by atoms with E-state index in [-0.39, 0.29) is 11.4 Å². The number of carbonyl (C=O) groups is 1. The van der Waals surface area contributed by atoms with Gasteiger partial charge < -0.3 is 14.6 Å². The van der Waals surface area contributed by atoms with E-state index in [1.54, 1.807) is 36.6 Å². The number of rotatable bonds is 9. The lowest BCUT2D eigenvalue weighted by Crippen LogP contribution is -2.27. The first-order valence-corrected chi connectivity index (χ1v) is 13.3. The molecule has 2 heterocycles. The summed E-state index contributed by atoms with van der Waals surface area (Å²) in [4.78, 5) is 23.6. The molecule has 4 aromatic rings. The number of carbonyl (C=O) groups excluding carboxylic acids is 1. The van der Waals surface area contributed by atoms with Gasteiger partial charge in [0.25, 0.3) is 5.91 Å². The molecule has 0 unspecified atom stereocenters. The van der Waals surface area contributed by atoms with Crippen LogP contribution >= 0.6 is 11.6 Å². The van der Waals surface area contributed by atoms with Crippen molar-refractivity contribution in [1.29, 1.82) is 0 Å². The van der Waals surface area contributed by atoms with Crippen LogP contribution in [-0.4, -0.2) is 30.0 Å². The van der Waals surface area contributed by atoms with Crippen LogP contribution in [0.1, 0.15) is 34.3 Å². The first-order valence-electron chi connectivity index (χ1n) is 11.2. The van der Waals surface area contributed by atoms with Gasteiger partial charge in [0.2, 0.25) is 15.0 Å². The lowest BCUT2D eigenvalue weighted by Gasteiger charge is -2.25. The van der Waals surface area contributed by atoms with E-state index in [9.17, 15) is 13.2 Å². The Morgan fingerprint density at radius 3 is 2.53 bits per heavy atom. The van der Waals surface area contributed by atoms with Crippen molar-refractivity contribution in [1.82, 2.24) is 9.97 Å². The average molecular weight is 525 g/mol. The zero-order chi connectivity index (χ0) is 25.7. The molecular weight excluding hydrogens is 500 g/mol. The minimum atomic E-state index is -3.75. The second kappa shape index (κ2) is 10.9. The summed E-state index contributed by atoms with van der Waals surface area (Å²) in [5.41, 5.74) is 2.85. The van der Waals surface area contributed by atoms with Gasteiger partial charge in [0.15, 0.2) is 5.69 Å². The van der Waals surface area contributed by atoms with E-state index < -0.39 is 20.9 Å². The molecule has 0 radical (unpaired) electrons. The molecule has 1 amide bonds. The Morgan fingerprint density at radius 2 is 1.86 bits per heavy atom. The Labute approximate surface area is 214 Å². The van der Waals surface area contributed by atoms with E-state index in [2.05, 4.69) is 15.3 Å². The Bertz CT molecular complexity index is 1460. The molecule has 0 aliphatic carbocycles. The topological polar surface area (TPSA) is 105 Å². The molecule has 8 nitrogen and oxygen atoms in total. The average Bonchev–Trinajstić information content (AvgIpc) is 3.38. The molecule has 0 atom stereocenters. The summed E-state index contributed by atoms with van der Waals surface area (Å²) in [5, 5.41) is 2.81. The van der Waals surface area contributed by atoms with Crippen LogP contribution < -0.4 is 10.2 Å². The summed E-state index contributed by atoms with van der Waals surface area (Å²) < 4.78 is 30.6. The first kappa shape index (κ1) is 25.4. The number of aryl methyl sites for hydroxylation is 1. The van der Waals surface area contributed by atoms with Crippen molar-refractivity contribution in [3.05, 3.63) is 101 Å². The highest BCUT2D eigenvalue weighted by Gasteiger charge is 2.25. The molecule has 0 saturated carbocycles. The summed E-state index contributed by atoms with van der Waals surface area (Å²) >= 11 is 6.07. The zero-order valence-corrected chi connectivity index (χ0v) is 21.4. The molecule has 0 aliphatic heterocycles. The number of sulfone groups is 1. The number of halogens is 1. The van der Waals surface area contributed by atoms with Crippen LogP contribution in [0.3, 0.4) is 0 Å². The number of nitrogens with one attached hydrogen (secondary N) is 1. The quantitative estimate of drug-likeness (QED) is 0.297. The van der Waals surface area contributed by atoms with E-state index in [0.717, 1.165) is 11.1 Å². The minimum absolute atomic E-state index is 0.0735. The predicted octanol–water partition coefficient (Wildman–Crippen LogP) is 5.28. The Hall–Kier alpha value is -3.69. The maximum atomic E-state index is 13.4. The third-order valence-electron chi connectivity index (χ3n) is 5.46. The Balaban J connectivity index is 1.79. The van der Waals surface area contributed by atoms with E-state index in [1.807, 2.05) is 42.2 Å². The van der Waals surface area contributed by atoms with Gasteiger partial charge in [-0.25, -0.2) is 18.4 Å². The summed E-state index contributed by atoms with van der Waals surface area (Å²) in [6, 6.07) is 18.3. The van der Waals surface area contributed by atoms with Crippen molar-refractivity contribution in [2.24, 2.45) is 0 Å². The van der Waals surface area contributed by atoms with Gasteiger partial charge in [-0.2, -0.15) is 0 Å². The molecule has 186 valence electrons. The van der Waals surface area contributed by atoms with Crippen LogP contribution in [0.5, 0.6) is 0 Å². The van der Waals surface area contributed by atoms with Crippen molar-refractivity contribution >= 4 is 38.7 Å². The third kappa shape index (κ3) is 6.10. The molecule has 4 rings (SSSR count). The van der Waals surface area contributed by atoms with Gasteiger partial charge in [-0.3, -0.25) is 4.79 Å². The molecule has 0 spiro atoms. The van der Waals surface area contributed by atoms with Crippen molar-refractivity contribution in [3.8, 4) is 0 Å². The fourth-order valence-corrected chi connectivity index (χ4v) is 4.42. The molecule has 0 bridgehead atoms.